The first-order valence-electron chi connectivity index (χ1n) is 3.14. The van der Waals surface area contributed by atoms with Gasteiger partial charge in [-0.1, -0.05) is 25.8 Å². The van der Waals surface area contributed by atoms with Crippen molar-refractivity contribution in [3.63, 3.8) is 0 Å². The molecule has 0 saturated carbocycles. The summed E-state index contributed by atoms with van der Waals surface area (Å²) in [4.78, 5) is 0. The Kier molecular flexibility index (Phi) is 17.8. The standard InChI is InChI=1S/C6H12.Ag.ClHO4/c1-3-5-6-4-2;;2-1(3,4)5/h3H,1,4-6H2,2H3;;(H,2,3,4,5)/q;+1;/p-1. The molecule has 0 spiro atoms. The maximum atomic E-state index is 8.49. The van der Waals surface area contributed by atoms with Crippen LogP contribution >= 0.6 is 0 Å². The van der Waals surface area contributed by atoms with Gasteiger partial charge < -0.3 is 0 Å². The van der Waals surface area contributed by atoms with E-state index in [1.807, 2.05) is 6.08 Å². The van der Waals surface area contributed by atoms with Crippen molar-refractivity contribution in [2.75, 3.05) is 0 Å². The van der Waals surface area contributed by atoms with Crippen molar-refractivity contribution >= 4 is 0 Å². The molecule has 0 rings (SSSR count). The molecular formula is C6H12AgClO4. The Morgan fingerprint density at radius 1 is 1.25 bits per heavy atom. The SMILES string of the molecule is C=CCCCC.[Ag+].[O-][Cl+3]([O-])([O-])[O-]. The van der Waals surface area contributed by atoms with Gasteiger partial charge >= 0.3 is 22.4 Å². The van der Waals surface area contributed by atoms with Gasteiger partial charge in [-0.05, 0) is 6.42 Å². The molecule has 0 amide bonds. The van der Waals surface area contributed by atoms with Gasteiger partial charge in [-0.3, -0.25) is 0 Å². The summed E-state index contributed by atoms with van der Waals surface area (Å²) < 4.78 is 34.0. The van der Waals surface area contributed by atoms with E-state index in [1.165, 1.54) is 19.3 Å². The minimum Gasteiger partial charge on any atom is -0.222 e. The van der Waals surface area contributed by atoms with Gasteiger partial charge in [0.05, 0.1) is 0 Å². The van der Waals surface area contributed by atoms with E-state index in [0.29, 0.717) is 0 Å². The summed E-state index contributed by atoms with van der Waals surface area (Å²) in [6.07, 6.45) is 5.72. The first kappa shape index (κ1) is 18.4. The van der Waals surface area contributed by atoms with Crippen LogP contribution in [0.1, 0.15) is 26.2 Å². The number of unbranched alkanes of at least 4 members (excludes halogenated alkanes) is 2. The zero-order valence-corrected chi connectivity index (χ0v) is 8.96. The smallest absolute Gasteiger partial charge is 0.222 e. The van der Waals surface area contributed by atoms with Crippen LogP contribution in [0.15, 0.2) is 12.7 Å². The molecule has 0 radical (unpaired) electrons. The predicted octanol–water partition coefficient (Wildman–Crippen LogP) is -2.40. The molecule has 78 valence electrons. The van der Waals surface area contributed by atoms with Crippen molar-refractivity contribution in [3.8, 4) is 0 Å². The third-order valence-corrected chi connectivity index (χ3v) is 0.762. The monoisotopic (exact) mass is 290 g/mol. The summed E-state index contributed by atoms with van der Waals surface area (Å²) in [5.41, 5.74) is 0. The van der Waals surface area contributed by atoms with Crippen LogP contribution in [0.4, 0.5) is 0 Å². The van der Waals surface area contributed by atoms with Crippen LogP contribution in [-0.4, -0.2) is 0 Å². The molecule has 12 heavy (non-hydrogen) atoms. The van der Waals surface area contributed by atoms with E-state index < -0.39 is 10.2 Å². The van der Waals surface area contributed by atoms with Gasteiger partial charge in [0.2, 0.25) is 0 Å². The Balaban J connectivity index is -0.000000126. The molecule has 0 saturated heterocycles. The fourth-order valence-electron chi connectivity index (χ4n) is 0.348. The normalized spacial score (nSPS) is 9.08. The molecule has 0 aliphatic rings. The largest absolute Gasteiger partial charge is 1.00 e. The Bertz CT molecular complexity index is 88.0. The molecule has 0 N–H and O–H groups in total. The van der Waals surface area contributed by atoms with Crippen molar-refractivity contribution in [3.05, 3.63) is 12.7 Å². The summed E-state index contributed by atoms with van der Waals surface area (Å²) in [5.74, 6) is 0. The van der Waals surface area contributed by atoms with E-state index in [0.717, 1.165) is 0 Å². The first-order chi connectivity index (χ1) is 4.91. The van der Waals surface area contributed by atoms with Crippen molar-refractivity contribution in [2.45, 2.75) is 26.2 Å². The van der Waals surface area contributed by atoms with Crippen LogP contribution in [0.25, 0.3) is 0 Å². The molecule has 0 aromatic carbocycles. The zero-order chi connectivity index (χ0) is 9.33. The van der Waals surface area contributed by atoms with Crippen molar-refractivity contribution in [1.82, 2.24) is 0 Å². The third kappa shape index (κ3) is 75.2. The van der Waals surface area contributed by atoms with Crippen molar-refractivity contribution in [2.24, 2.45) is 0 Å². The first-order valence-corrected chi connectivity index (χ1v) is 4.38. The number of halogens is 1. The van der Waals surface area contributed by atoms with E-state index in [4.69, 9.17) is 18.6 Å². The van der Waals surface area contributed by atoms with E-state index in [9.17, 15) is 0 Å². The fraction of sp³-hybridized carbons (Fsp3) is 0.667. The van der Waals surface area contributed by atoms with Crippen molar-refractivity contribution in [1.29, 1.82) is 0 Å². The fourth-order valence-corrected chi connectivity index (χ4v) is 0.348. The number of allylic oxidation sites excluding steroid dienone is 1. The quantitative estimate of drug-likeness (QED) is 0.329. The molecule has 4 nitrogen and oxygen atoms in total. The molecule has 0 unspecified atom stereocenters. The zero-order valence-electron chi connectivity index (χ0n) is 6.72. The van der Waals surface area contributed by atoms with Gasteiger partial charge in [-0.25, -0.2) is 18.6 Å². The summed E-state index contributed by atoms with van der Waals surface area (Å²) in [6, 6.07) is 0. The average molecular weight is 291 g/mol. The van der Waals surface area contributed by atoms with Gasteiger partial charge in [0, 0.05) is 0 Å². The van der Waals surface area contributed by atoms with Crippen LogP contribution in [-0.2, 0) is 22.4 Å². The molecule has 0 aliphatic carbocycles. The summed E-state index contributed by atoms with van der Waals surface area (Å²) in [6.45, 7) is 5.78. The van der Waals surface area contributed by atoms with Crippen LogP contribution < -0.4 is 18.6 Å². The van der Waals surface area contributed by atoms with Gasteiger partial charge in [0.15, 0.2) is 0 Å². The molecule has 0 aromatic rings. The summed E-state index contributed by atoms with van der Waals surface area (Å²) in [7, 11) is -4.94. The molecule has 0 heterocycles. The van der Waals surface area contributed by atoms with E-state index in [2.05, 4.69) is 13.5 Å². The van der Waals surface area contributed by atoms with Gasteiger partial charge in [0.1, 0.15) is 0 Å². The average Bonchev–Trinajstić information content (AvgIpc) is 1.79. The maximum absolute atomic E-state index is 8.49. The van der Waals surface area contributed by atoms with Crippen LogP contribution in [0.3, 0.4) is 0 Å². The van der Waals surface area contributed by atoms with E-state index >= 15 is 0 Å². The Morgan fingerprint density at radius 3 is 1.67 bits per heavy atom. The summed E-state index contributed by atoms with van der Waals surface area (Å²) in [5, 5.41) is 0. The topological polar surface area (TPSA) is 92.2 Å². The molecule has 6 heteroatoms. The van der Waals surface area contributed by atoms with E-state index in [-0.39, 0.29) is 22.4 Å². The van der Waals surface area contributed by atoms with Crippen LogP contribution in [0.2, 0.25) is 0 Å². The molecule has 0 fully saturated rings. The minimum atomic E-state index is -4.94. The molecule has 0 aromatic heterocycles. The Morgan fingerprint density at radius 2 is 1.58 bits per heavy atom. The maximum Gasteiger partial charge on any atom is 1.00 e. The van der Waals surface area contributed by atoms with Crippen molar-refractivity contribution < 1.29 is 51.3 Å². The summed E-state index contributed by atoms with van der Waals surface area (Å²) >= 11 is 0. The second kappa shape index (κ2) is 11.6. The second-order valence-electron chi connectivity index (χ2n) is 1.81. The second-order valence-corrected chi connectivity index (χ2v) is 2.56. The third-order valence-electron chi connectivity index (χ3n) is 0.762. The molecular weight excluding hydrogens is 279 g/mol. The van der Waals surface area contributed by atoms with Gasteiger partial charge in [-0.2, -0.15) is 0 Å². The number of rotatable bonds is 3. The number of hydrogen-bond donors (Lipinski definition) is 0. The van der Waals surface area contributed by atoms with Gasteiger partial charge in [0.25, 0.3) is 0 Å². The Hall–Kier alpha value is 0.610. The Labute approximate surface area is 90.2 Å². The number of hydrogen-bond acceptors (Lipinski definition) is 4. The molecule has 0 aliphatic heterocycles. The van der Waals surface area contributed by atoms with Gasteiger partial charge in [-0.15, -0.1) is 16.8 Å². The minimum absolute atomic E-state index is 0. The van der Waals surface area contributed by atoms with Crippen LogP contribution in [0, 0.1) is 10.2 Å². The van der Waals surface area contributed by atoms with Crippen LogP contribution in [0.5, 0.6) is 0 Å². The molecule has 0 atom stereocenters. The molecule has 0 bridgehead atoms. The predicted molar refractivity (Wildman–Crippen MR) is 29.7 cm³/mol. The van der Waals surface area contributed by atoms with E-state index in [1.54, 1.807) is 0 Å².